The van der Waals surface area contributed by atoms with Crippen molar-refractivity contribution in [2.24, 2.45) is 5.92 Å². The average molecular weight is 204 g/mol. The molecule has 1 saturated carbocycles. The zero-order valence-electron chi connectivity index (χ0n) is 9.83. The molecular weight excluding hydrogens is 184 g/mol. The first kappa shape index (κ1) is 10.6. The SMILES string of the molecule is CC(C)NCC1(c2cccnc2)CC1C. The van der Waals surface area contributed by atoms with Gasteiger partial charge in [0.25, 0.3) is 0 Å². The largest absolute Gasteiger partial charge is 0.314 e. The Balaban J connectivity index is 2.10. The molecule has 0 radical (unpaired) electrons. The summed E-state index contributed by atoms with van der Waals surface area (Å²) in [7, 11) is 0. The number of rotatable bonds is 4. The Morgan fingerprint density at radius 1 is 1.60 bits per heavy atom. The minimum atomic E-state index is 0.360. The zero-order chi connectivity index (χ0) is 10.9. The summed E-state index contributed by atoms with van der Waals surface area (Å²) in [6, 6.07) is 4.81. The van der Waals surface area contributed by atoms with E-state index in [2.05, 4.69) is 37.1 Å². The summed E-state index contributed by atoms with van der Waals surface area (Å²) in [4.78, 5) is 4.22. The predicted molar refractivity (Wildman–Crippen MR) is 62.8 cm³/mol. The second kappa shape index (κ2) is 3.93. The maximum atomic E-state index is 4.22. The summed E-state index contributed by atoms with van der Waals surface area (Å²) in [5.74, 6) is 0.785. The molecule has 2 heteroatoms. The molecule has 1 aliphatic carbocycles. The molecule has 2 rings (SSSR count). The summed E-state index contributed by atoms with van der Waals surface area (Å²) in [5, 5.41) is 3.55. The van der Waals surface area contributed by atoms with Gasteiger partial charge in [-0.3, -0.25) is 4.98 Å². The van der Waals surface area contributed by atoms with Gasteiger partial charge in [-0.05, 0) is 24.0 Å². The summed E-state index contributed by atoms with van der Waals surface area (Å²) < 4.78 is 0. The van der Waals surface area contributed by atoms with Gasteiger partial charge in [0.05, 0.1) is 0 Å². The highest BCUT2D eigenvalue weighted by atomic mass is 14.9. The smallest absolute Gasteiger partial charge is 0.0306 e. The Morgan fingerprint density at radius 2 is 2.33 bits per heavy atom. The van der Waals surface area contributed by atoms with E-state index in [0.29, 0.717) is 11.5 Å². The van der Waals surface area contributed by atoms with Gasteiger partial charge in [-0.1, -0.05) is 26.8 Å². The molecule has 82 valence electrons. The van der Waals surface area contributed by atoms with E-state index in [9.17, 15) is 0 Å². The number of nitrogens with zero attached hydrogens (tertiary/aromatic N) is 1. The quantitative estimate of drug-likeness (QED) is 0.814. The van der Waals surface area contributed by atoms with E-state index in [1.807, 2.05) is 18.5 Å². The van der Waals surface area contributed by atoms with Gasteiger partial charge in [-0.15, -0.1) is 0 Å². The van der Waals surface area contributed by atoms with E-state index in [-0.39, 0.29) is 0 Å². The second-order valence-corrected chi connectivity index (χ2v) is 5.04. The lowest BCUT2D eigenvalue weighted by atomic mass is 9.95. The molecule has 15 heavy (non-hydrogen) atoms. The first-order valence-corrected chi connectivity index (χ1v) is 5.79. The molecule has 1 fully saturated rings. The lowest BCUT2D eigenvalue weighted by Crippen LogP contribution is -2.33. The molecular formula is C13H20N2. The fraction of sp³-hybridized carbons (Fsp3) is 0.615. The third kappa shape index (κ3) is 2.05. The Hall–Kier alpha value is -0.890. The van der Waals surface area contributed by atoms with E-state index in [4.69, 9.17) is 0 Å². The lowest BCUT2D eigenvalue weighted by Gasteiger charge is -2.19. The van der Waals surface area contributed by atoms with Gasteiger partial charge >= 0.3 is 0 Å². The van der Waals surface area contributed by atoms with Crippen molar-refractivity contribution in [2.75, 3.05) is 6.54 Å². The van der Waals surface area contributed by atoms with Crippen molar-refractivity contribution in [2.45, 2.75) is 38.6 Å². The van der Waals surface area contributed by atoms with E-state index in [1.165, 1.54) is 12.0 Å². The highest BCUT2D eigenvalue weighted by Crippen LogP contribution is 2.53. The van der Waals surface area contributed by atoms with Crippen LogP contribution in [0.2, 0.25) is 0 Å². The van der Waals surface area contributed by atoms with Crippen LogP contribution in [0.4, 0.5) is 0 Å². The third-order valence-corrected chi connectivity index (χ3v) is 3.52. The molecule has 2 unspecified atom stereocenters. The van der Waals surface area contributed by atoms with Crippen LogP contribution in [0.15, 0.2) is 24.5 Å². The molecule has 1 heterocycles. The van der Waals surface area contributed by atoms with E-state index < -0.39 is 0 Å². The normalized spacial score (nSPS) is 29.5. The number of aromatic nitrogens is 1. The van der Waals surface area contributed by atoms with Crippen LogP contribution < -0.4 is 5.32 Å². The van der Waals surface area contributed by atoms with Crippen LogP contribution >= 0.6 is 0 Å². The molecule has 0 amide bonds. The summed E-state index contributed by atoms with van der Waals surface area (Å²) in [5.41, 5.74) is 1.75. The molecule has 1 aromatic heterocycles. The van der Waals surface area contributed by atoms with Gasteiger partial charge in [0.1, 0.15) is 0 Å². The van der Waals surface area contributed by atoms with Crippen LogP contribution in [0.1, 0.15) is 32.8 Å². The van der Waals surface area contributed by atoms with E-state index in [1.54, 1.807) is 0 Å². The van der Waals surface area contributed by atoms with Gasteiger partial charge < -0.3 is 5.32 Å². The molecule has 1 aromatic rings. The fourth-order valence-corrected chi connectivity index (χ4v) is 2.28. The van der Waals surface area contributed by atoms with Crippen molar-refractivity contribution in [3.8, 4) is 0 Å². The monoisotopic (exact) mass is 204 g/mol. The first-order chi connectivity index (χ1) is 7.15. The molecule has 2 atom stereocenters. The zero-order valence-corrected chi connectivity index (χ0v) is 9.83. The highest BCUT2D eigenvalue weighted by molar-refractivity contribution is 5.31. The average Bonchev–Trinajstić information content (AvgIpc) is 2.89. The van der Waals surface area contributed by atoms with Crippen molar-refractivity contribution < 1.29 is 0 Å². The van der Waals surface area contributed by atoms with Crippen LogP contribution in [0.3, 0.4) is 0 Å². The van der Waals surface area contributed by atoms with Crippen LogP contribution in [0, 0.1) is 5.92 Å². The fourth-order valence-electron chi connectivity index (χ4n) is 2.28. The molecule has 0 saturated heterocycles. The van der Waals surface area contributed by atoms with Crippen molar-refractivity contribution >= 4 is 0 Å². The minimum Gasteiger partial charge on any atom is -0.314 e. The van der Waals surface area contributed by atoms with E-state index >= 15 is 0 Å². The lowest BCUT2D eigenvalue weighted by molar-refractivity contribution is 0.498. The van der Waals surface area contributed by atoms with Crippen molar-refractivity contribution in [1.82, 2.24) is 10.3 Å². The molecule has 0 aliphatic heterocycles. The number of hydrogen-bond acceptors (Lipinski definition) is 2. The molecule has 0 spiro atoms. The third-order valence-electron chi connectivity index (χ3n) is 3.52. The maximum Gasteiger partial charge on any atom is 0.0306 e. The van der Waals surface area contributed by atoms with Gasteiger partial charge in [-0.2, -0.15) is 0 Å². The summed E-state index contributed by atoms with van der Waals surface area (Å²) >= 11 is 0. The minimum absolute atomic E-state index is 0.360. The molecule has 2 nitrogen and oxygen atoms in total. The standard InChI is InChI=1S/C13H20N2/c1-10(2)15-9-13(7-11(13)3)12-5-4-6-14-8-12/h4-6,8,10-11,15H,7,9H2,1-3H3. The summed E-state index contributed by atoms with van der Waals surface area (Å²) in [6.45, 7) is 7.81. The van der Waals surface area contributed by atoms with Crippen LogP contribution in [-0.4, -0.2) is 17.6 Å². The molecule has 0 aromatic carbocycles. The van der Waals surface area contributed by atoms with Gasteiger partial charge in [0.2, 0.25) is 0 Å². The maximum absolute atomic E-state index is 4.22. The Morgan fingerprint density at radius 3 is 2.80 bits per heavy atom. The van der Waals surface area contributed by atoms with E-state index in [0.717, 1.165) is 12.5 Å². The predicted octanol–water partition coefficient (Wildman–Crippen LogP) is 2.36. The van der Waals surface area contributed by atoms with Gasteiger partial charge in [0.15, 0.2) is 0 Å². The van der Waals surface area contributed by atoms with Crippen LogP contribution in [0.5, 0.6) is 0 Å². The first-order valence-electron chi connectivity index (χ1n) is 5.79. The summed E-state index contributed by atoms with van der Waals surface area (Å²) in [6.07, 6.45) is 5.16. The topological polar surface area (TPSA) is 24.9 Å². The second-order valence-electron chi connectivity index (χ2n) is 5.04. The van der Waals surface area contributed by atoms with Crippen LogP contribution in [0.25, 0.3) is 0 Å². The van der Waals surface area contributed by atoms with Crippen LogP contribution in [-0.2, 0) is 5.41 Å². The Kier molecular flexibility index (Phi) is 2.79. The van der Waals surface area contributed by atoms with Crippen molar-refractivity contribution in [3.63, 3.8) is 0 Å². The number of nitrogens with one attached hydrogen (secondary N) is 1. The molecule has 1 aliphatic rings. The number of hydrogen-bond donors (Lipinski definition) is 1. The number of pyridine rings is 1. The van der Waals surface area contributed by atoms with Gasteiger partial charge in [-0.25, -0.2) is 0 Å². The Labute approximate surface area is 92.1 Å². The van der Waals surface area contributed by atoms with Crippen molar-refractivity contribution in [3.05, 3.63) is 30.1 Å². The molecule has 0 bridgehead atoms. The Bertz CT molecular complexity index is 321. The highest BCUT2D eigenvalue weighted by Gasteiger charge is 2.51. The van der Waals surface area contributed by atoms with Crippen molar-refractivity contribution in [1.29, 1.82) is 0 Å². The van der Waals surface area contributed by atoms with Gasteiger partial charge in [0, 0.05) is 30.4 Å². The molecule has 1 N–H and O–H groups in total.